The number of benzene rings is 2. The lowest BCUT2D eigenvalue weighted by Crippen LogP contribution is -2.30. The van der Waals surface area contributed by atoms with Crippen molar-refractivity contribution in [3.8, 4) is 0 Å². The van der Waals surface area contributed by atoms with Crippen LogP contribution in [0.4, 0.5) is 0 Å². The van der Waals surface area contributed by atoms with E-state index in [1.54, 1.807) is 24.3 Å². The smallest absolute Gasteiger partial charge is 0.207 e. The van der Waals surface area contributed by atoms with Gasteiger partial charge in [0, 0.05) is 18.1 Å². The SMILES string of the molecule is C=CCN(Cc1ccccc1)S(=O)(=O)c1cccc(Cl)c1. The Balaban J connectivity index is 2.34. The van der Waals surface area contributed by atoms with E-state index in [4.69, 9.17) is 11.6 Å². The molecule has 0 saturated heterocycles. The molecule has 2 aromatic carbocycles. The summed E-state index contributed by atoms with van der Waals surface area (Å²) >= 11 is 5.89. The lowest BCUT2D eigenvalue weighted by molar-refractivity contribution is 0.438. The highest BCUT2D eigenvalue weighted by molar-refractivity contribution is 7.89. The first-order valence-corrected chi connectivity index (χ1v) is 8.26. The highest BCUT2D eigenvalue weighted by atomic mass is 35.5. The molecular formula is C16H16ClNO2S. The number of sulfonamides is 1. The van der Waals surface area contributed by atoms with Crippen LogP contribution < -0.4 is 0 Å². The summed E-state index contributed by atoms with van der Waals surface area (Å²) in [6.07, 6.45) is 1.57. The highest BCUT2D eigenvalue weighted by Gasteiger charge is 2.23. The summed E-state index contributed by atoms with van der Waals surface area (Å²) in [6, 6.07) is 15.7. The Morgan fingerprint density at radius 2 is 1.81 bits per heavy atom. The van der Waals surface area contributed by atoms with Crippen LogP contribution in [-0.2, 0) is 16.6 Å². The summed E-state index contributed by atoms with van der Waals surface area (Å²) in [6.45, 7) is 4.17. The first kappa shape index (κ1) is 15.8. The van der Waals surface area contributed by atoms with Crippen LogP contribution in [0.15, 0.2) is 72.1 Å². The lowest BCUT2D eigenvalue weighted by atomic mass is 10.2. The average molecular weight is 322 g/mol. The first-order chi connectivity index (χ1) is 10.0. The van der Waals surface area contributed by atoms with E-state index in [9.17, 15) is 8.42 Å². The molecule has 0 unspecified atom stereocenters. The van der Waals surface area contributed by atoms with Gasteiger partial charge in [-0.25, -0.2) is 8.42 Å². The minimum atomic E-state index is -3.61. The maximum atomic E-state index is 12.7. The zero-order chi connectivity index (χ0) is 15.3. The van der Waals surface area contributed by atoms with Gasteiger partial charge >= 0.3 is 0 Å². The molecule has 0 fully saturated rings. The Morgan fingerprint density at radius 3 is 2.43 bits per heavy atom. The van der Waals surface area contributed by atoms with Gasteiger partial charge in [0.1, 0.15) is 0 Å². The van der Waals surface area contributed by atoms with Crippen LogP contribution >= 0.6 is 11.6 Å². The van der Waals surface area contributed by atoms with E-state index in [1.165, 1.54) is 10.4 Å². The molecule has 2 rings (SSSR count). The second-order valence-electron chi connectivity index (χ2n) is 4.53. The summed E-state index contributed by atoms with van der Waals surface area (Å²) in [4.78, 5) is 0.188. The van der Waals surface area contributed by atoms with Gasteiger partial charge < -0.3 is 0 Å². The van der Waals surface area contributed by atoms with Gasteiger partial charge in [-0.05, 0) is 23.8 Å². The van der Waals surface area contributed by atoms with Gasteiger partial charge in [-0.1, -0.05) is 54.1 Å². The van der Waals surface area contributed by atoms with E-state index in [-0.39, 0.29) is 11.4 Å². The number of hydrogen-bond acceptors (Lipinski definition) is 2. The molecule has 0 bridgehead atoms. The monoisotopic (exact) mass is 321 g/mol. The fourth-order valence-electron chi connectivity index (χ4n) is 1.96. The van der Waals surface area contributed by atoms with Crippen LogP contribution in [0.3, 0.4) is 0 Å². The molecule has 0 radical (unpaired) electrons. The highest BCUT2D eigenvalue weighted by Crippen LogP contribution is 2.21. The molecule has 5 heteroatoms. The van der Waals surface area contributed by atoms with Crippen molar-refractivity contribution in [1.29, 1.82) is 0 Å². The van der Waals surface area contributed by atoms with Crippen LogP contribution in [0.2, 0.25) is 5.02 Å². The standard InChI is InChI=1S/C16H16ClNO2S/c1-2-11-18(13-14-7-4-3-5-8-14)21(19,20)16-10-6-9-15(17)12-16/h2-10,12H,1,11,13H2. The Bertz CT molecular complexity index is 714. The molecule has 0 atom stereocenters. The van der Waals surface area contributed by atoms with E-state index in [1.807, 2.05) is 30.3 Å². The molecule has 0 N–H and O–H groups in total. The summed E-state index contributed by atoms with van der Waals surface area (Å²) < 4.78 is 26.8. The lowest BCUT2D eigenvalue weighted by Gasteiger charge is -2.21. The number of halogens is 1. The summed E-state index contributed by atoms with van der Waals surface area (Å²) in [5.41, 5.74) is 0.921. The molecule has 0 aromatic heterocycles. The Hall–Kier alpha value is -1.62. The zero-order valence-corrected chi connectivity index (χ0v) is 13.0. The molecule has 0 aliphatic carbocycles. The maximum absolute atomic E-state index is 12.7. The van der Waals surface area contributed by atoms with Crippen molar-refractivity contribution < 1.29 is 8.42 Å². The van der Waals surface area contributed by atoms with Gasteiger partial charge in [-0.3, -0.25) is 0 Å². The van der Waals surface area contributed by atoms with Crippen LogP contribution in [0, 0.1) is 0 Å². The van der Waals surface area contributed by atoms with E-state index in [0.29, 0.717) is 11.6 Å². The van der Waals surface area contributed by atoms with Gasteiger partial charge in [-0.15, -0.1) is 6.58 Å². The van der Waals surface area contributed by atoms with Crippen molar-refractivity contribution in [1.82, 2.24) is 4.31 Å². The topological polar surface area (TPSA) is 37.4 Å². The van der Waals surface area contributed by atoms with Crippen LogP contribution in [0.5, 0.6) is 0 Å². The van der Waals surface area contributed by atoms with Crippen molar-refractivity contribution in [3.63, 3.8) is 0 Å². The van der Waals surface area contributed by atoms with E-state index in [2.05, 4.69) is 6.58 Å². The third-order valence-corrected chi connectivity index (χ3v) is 5.01. The number of rotatable bonds is 6. The van der Waals surface area contributed by atoms with Gasteiger partial charge in [-0.2, -0.15) is 4.31 Å². The zero-order valence-electron chi connectivity index (χ0n) is 11.4. The summed E-state index contributed by atoms with van der Waals surface area (Å²) in [5, 5.41) is 0.398. The van der Waals surface area contributed by atoms with Gasteiger partial charge in [0.15, 0.2) is 0 Å². The van der Waals surface area contributed by atoms with Crippen molar-refractivity contribution in [3.05, 3.63) is 77.8 Å². The summed E-state index contributed by atoms with van der Waals surface area (Å²) in [7, 11) is -3.61. The molecule has 21 heavy (non-hydrogen) atoms. The molecule has 3 nitrogen and oxygen atoms in total. The first-order valence-electron chi connectivity index (χ1n) is 6.44. The minimum Gasteiger partial charge on any atom is -0.207 e. The van der Waals surface area contributed by atoms with E-state index in [0.717, 1.165) is 5.56 Å². The molecule has 0 aliphatic rings. The van der Waals surface area contributed by atoms with Gasteiger partial charge in [0.2, 0.25) is 10.0 Å². The van der Waals surface area contributed by atoms with Gasteiger partial charge in [0.25, 0.3) is 0 Å². The predicted molar refractivity (Wildman–Crippen MR) is 85.7 cm³/mol. The fourth-order valence-corrected chi connectivity index (χ4v) is 3.66. The largest absolute Gasteiger partial charge is 0.243 e. The second kappa shape index (κ2) is 6.89. The number of hydrogen-bond donors (Lipinski definition) is 0. The van der Waals surface area contributed by atoms with Crippen molar-refractivity contribution in [2.45, 2.75) is 11.4 Å². The third-order valence-electron chi connectivity index (χ3n) is 2.97. The van der Waals surface area contributed by atoms with Crippen molar-refractivity contribution in [2.24, 2.45) is 0 Å². The molecule has 0 amide bonds. The summed E-state index contributed by atoms with van der Waals surface area (Å²) in [5.74, 6) is 0. The Labute approximate surface area is 130 Å². The molecule has 0 heterocycles. The Morgan fingerprint density at radius 1 is 1.10 bits per heavy atom. The normalized spacial score (nSPS) is 11.5. The third kappa shape index (κ3) is 3.94. The van der Waals surface area contributed by atoms with Crippen molar-refractivity contribution in [2.75, 3.05) is 6.54 Å². The molecule has 0 saturated carbocycles. The van der Waals surface area contributed by atoms with Crippen molar-refractivity contribution >= 4 is 21.6 Å². The number of nitrogens with zero attached hydrogens (tertiary/aromatic N) is 1. The van der Waals surface area contributed by atoms with E-state index < -0.39 is 10.0 Å². The molecule has 110 valence electrons. The Kier molecular flexibility index (Phi) is 5.17. The fraction of sp³-hybridized carbons (Fsp3) is 0.125. The quantitative estimate of drug-likeness (QED) is 0.760. The van der Waals surface area contributed by atoms with Crippen LogP contribution in [0.25, 0.3) is 0 Å². The van der Waals surface area contributed by atoms with Crippen LogP contribution in [0.1, 0.15) is 5.56 Å². The second-order valence-corrected chi connectivity index (χ2v) is 6.90. The molecular weight excluding hydrogens is 306 g/mol. The molecule has 2 aromatic rings. The molecule has 0 spiro atoms. The maximum Gasteiger partial charge on any atom is 0.243 e. The predicted octanol–water partition coefficient (Wildman–Crippen LogP) is 3.72. The van der Waals surface area contributed by atoms with Gasteiger partial charge in [0.05, 0.1) is 4.90 Å². The molecule has 0 aliphatic heterocycles. The minimum absolute atomic E-state index is 0.188. The van der Waals surface area contributed by atoms with Crippen LogP contribution in [-0.4, -0.2) is 19.3 Å². The average Bonchev–Trinajstić information content (AvgIpc) is 2.48. The van der Waals surface area contributed by atoms with E-state index >= 15 is 0 Å².